The van der Waals surface area contributed by atoms with Gasteiger partial charge >= 0.3 is 5.97 Å². The van der Waals surface area contributed by atoms with Crippen LogP contribution in [0.2, 0.25) is 0 Å². The van der Waals surface area contributed by atoms with Crippen molar-refractivity contribution in [2.24, 2.45) is 5.10 Å². The minimum atomic E-state index is -0.682. The van der Waals surface area contributed by atoms with Gasteiger partial charge in [0.25, 0.3) is 11.8 Å². The molecule has 11 nitrogen and oxygen atoms in total. The lowest BCUT2D eigenvalue weighted by Crippen LogP contribution is -2.18. The van der Waals surface area contributed by atoms with Gasteiger partial charge in [0.1, 0.15) is 11.5 Å². The number of nitrogens with one attached hydrogen (secondary N) is 2. The number of ether oxygens (including phenoxy) is 5. The normalized spacial score (nSPS) is 10.6. The number of anilines is 1. The molecule has 2 amide bonds. The summed E-state index contributed by atoms with van der Waals surface area (Å²) in [4.78, 5) is 38.5. The Labute approximate surface area is 261 Å². The third-order valence-electron chi connectivity index (χ3n) is 6.16. The van der Waals surface area contributed by atoms with Crippen LogP contribution in [0.15, 0.2) is 88.4 Å². The number of esters is 1. The molecule has 2 N–H and O–H groups in total. The van der Waals surface area contributed by atoms with Crippen molar-refractivity contribution >= 4 is 45.6 Å². The van der Waals surface area contributed by atoms with Crippen molar-refractivity contribution in [3.8, 4) is 28.7 Å². The molecular weight excluding hydrogens is 634 g/mol. The van der Waals surface area contributed by atoms with Crippen molar-refractivity contribution in [3.05, 3.63) is 106 Å². The highest BCUT2D eigenvalue weighted by atomic mass is 79.9. The van der Waals surface area contributed by atoms with Crippen LogP contribution in [0.25, 0.3) is 0 Å². The van der Waals surface area contributed by atoms with Crippen LogP contribution < -0.4 is 34.4 Å². The summed E-state index contributed by atoms with van der Waals surface area (Å²) in [5, 5.41) is 6.80. The average molecular weight is 662 g/mol. The van der Waals surface area contributed by atoms with Crippen LogP contribution in [-0.2, 0) is 0 Å². The third-order valence-corrected chi connectivity index (χ3v) is 6.65. The molecule has 12 heteroatoms. The Morgan fingerprint density at radius 3 is 2.05 bits per heavy atom. The van der Waals surface area contributed by atoms with Crippen molar-refractivity contribution < 1.29 is 38.1 Å². The summed E-state index contributed by atoms with van der Waals surface area (Å²) in [7, 11) is 5.86. The van der Waals surface area contributed by atoms with Crippen molar-refractivity contribution in [1.82, 2.24) is 5.43 Å². The van der Waals surface area contributed by atoms with Gasteiger partial charge in [0.05, 0.1) is 40.2 Å². The first-order valence-corrected chi connectivity index (χ1v) is 13.8. The zero-order chi connectivity index (χ0) is 31.6. The molecule has 0 aliphatic rings. The summed E-state index contributed by atoms with van der Waals surface area (Å²) in [6.07, 6.45) is 1.34. The Morgan fingerprint density at radius 1 is 0.705 bits per heavy atom. The number of hydrogen-bond donors (Lipinski definition) is 2. The topological polar surface area (TPSA) is 134 Å². The van der Waals surface area contributed by atoms with Gasteiger partial charge < -0.3 is 29.0 Å². The number of carbonyl (C=O) groups excluding carboxylic acids is 3. The second-order valence-electron chi connectivity index (χ2n) is 8.95. The maximum absolute atomic E-state index is 13.0. The summed E-state index contributed by atoms with van der Waals surface area (Å²) in [6.45, 7) is 0. The number of amides is 2. The fraction of sp³-hybridized carbons (Fsp3) is 0.125. The monoisotopic (exact) mass is 661 g/mol. The number of carbonyl (C=O) groups is 3. The summed E-state index contributed by atoms with van der Waals surface area (Å²) >= 11 is 3.39. The number of methoxy groups -OCH3 is 4. The van der Waals surface area contributed by atoms with Gasteiger partial charge in [-0.3, -0.25) is 9.59 Å². The van der Waals surface area contributed by atoms with Crippen LogP contribution in [-0.4, -0.2) is 52.4 Å². The van der Waals surface area contributed by atoms with E-state index >= 15 is 0 Å². The highest BCUT2D eigenvalue weighted by molar-refractivity contribution is 9.10. The van der Waals surface area contributed by atoms with E-state index in [2.05, 4.69) is 31.8 Å². The highest BCUT2D eigenvalue weighted by Gasteiger charge is 2.19. The Bertz CT molecular complexity index is 1700. The molecule has 0 aromatic heterocycles. The quantitative estimate of drug-likeness (QED) is 0.0902. The molecule has 0 spiro atoms. The Balaban J connectivity index is 1.46. The van der Waals surface area contributed by atoms with Crippen LogP contribution >= 0.6 is 15.9 Å². The molecular formula is C32H28BrN3O8. The van der Waals surface area contributed by atoms with Gasteiger partial charge in [-0.1, -0.05) is 28.1 Å². The molecule has 0 heterocycles. The van der Waals surface area contributed by atoms with Crippen LogP contribution in [0.1, 0.15) is 36.6 Å². The van der Waals surface area contributed by atoms with Crippen LogP contribution in [0.5, 0.6) is 28.7 Å². The fourth-order valence-corrected chi connectivity index (χ4v) is 4.38. The van der Waals surface area contributed by atoms with Gasteiger partial charge in [-0.25, -0.2) is 10.2 Å². The minimum absolute atomic E-state index is 0.164. The van der Waals surface area contributed by atoms with Gasteiger partial charge in [-0.05, 0) is 66.7 Å². The van der Waals surface area contributed by atoms with E-state index in [9.17, 15) is 14.4 Å². The molecule has 0 saturated carbocycles. The lowest BCUT2D eigenvalue weighted by atomic mass is 10.1. The zero-order valence-corrected chi connectivity index (χ0v) is 25.8. The van der Waals surface area contributed by atoms with Gasteiger partial charge in [0.2, 0.25) is 5.75 Å². The van der Waals surface area contributed by atoms with Gasteiger partial charge in [-0.15, -0.1) is 0 Å². The number of rotatable bonds is 11. The molecule has 4 rings (SSSR count). The van der Waals surface area contributed by atoms with Crippen molar-refractivity contribution in [3.63, 3.8) is 0 Å². The maximum Gasteiger partial charge on any atom is 0.343 e. The summed E-state index contributed by atoms with van der Waals surface area (Å²) < 4.78 is 27.4. The number of nitrogens with zero attached hydrogens (tertiary/aromatic N) is 1. The first-order chi connectivity index (χ1) is 21.3. The second-order valence-corrected chi connectivity index (χ2v) is 9.87. The molecule has 226 valence electrons. The minimum Gasteiger partial charge on any atom is -0.497 e. The second kappa shape index (κ2) is 14.7. The lowest BCUT2D eigenvalue weighted by Gasteiger charge is -2.14. The van der Waals surface area contributed by atoms with E-state index in [1.54, 1.807) is 60.7 Å². The smallest absolute Gasteiger partial charge is 0.343 e. The van der Waals surface area contributed by atoms with Gasteiger partial charge in [-0.2, -0.15) is 5.10 Å². The molecule has 0 atom stereocenters. The molecule has 0 aliphatic carbocycles. The molecule has 0 unspecified atom stereocenters. The average Bonchev–Trinajstić information content (AvgIpc) is 3.05. The number of hydrazone groups is 1. The fourth-order valence-electron chi connectivity index (χ4n) is 4.00. The molecule has 0 fully saturated rings. The first kappa shape index (κ1) is 31.6. The molecule has 0 radical (unpaired) electrons. The predicted molar refractivity (Wildman–Crippen MR) is 168 cm³/mol. The Morgan fingerprint density at radius 2 is 1.39 bits per heavy atom. The molecule has 4 aromatic rings. The van der Waals surface area contributed by atoms with Crippen LogP contribution in [0.4, 0.5) is 5.69 Å². The largest absolute Gasteiger partial charge is 0.497 e. The van der Waals surface area contributed by atoms with E-state index in [4.69, 9.17) is 23.7 Å². The van der Waals surface area contributed by atoms with Crippen LogP contribution in [0, 0.1) is 0 Å². The zero-order valence-electron chi connectivity index (χ0n) is 24.2. The molecule has 0 bridgehead atoms. The van der Waals surface area contributed by atoms with E-state index in [-0.39, 0.29) is 22.8 Å². The molecule has 4 aromatic carbocycles. The first-order valence-electron chi connectivity index (χ1n) is 13.0. The van der Waals surface area contributed by atoms with Gasteiger partial charge in [0, 0.05) is 26.9 Å². The maximum atomic E-state index is 13.0. The number of halogens is 1. The number of benzene rings is 4. The Kier molecular flexibility index (Phi) is 10.5. The van der Waals surface area contributed by atoms with Crippen molar-refractivity contribution in [1.29, 1.82) is 0 Å². The Hall–Kier alpha value is -5.36. The van der Waals surface area contributed by atoms with E-state index in [1.807, 2.05) is 0 Å². The standard InChI is InChI=1S/C32H28BrN3O8/c1-40-25-10-6-8-20(15-25)30(37)35-24-9-5-7-19(14-24)31(38)36-34-18-22-13-23(33)11-12-26(22)44-32(39)21-16-27(41-2)29(43-4)28(17-21)42-3/h5-18H,1-4H3,(H,35,37)(H,36,38). The van der Waals surface area contributed by atoms with Gasteiger partial charge in [0.15, 0.2) is 11.5 Å². The van der Waals surface area contributed by atoms with Crippen LogP contribution in [0.3, 0.4) is 0 Å². The highest BCUT2D eigenvalue weighted by Crippen LogP contribution is 2.38. The molecule has 0 aliphatic heterocycles. The summed E-state index contributed by atoms with van der Waals surface area (Å²) in [5.41, 5.74) is 4.09. The summed E-state index contributed by atoms with van der Waals surface area (Å²) in [5.74, 6) is 0.0977. The van der Waals surface area contributed by atoms with E-state index in [0.717, 1.165) is 0 Å². The van der Waals surface area contributed by atoms with Crippen molar-refractivity contribution in [2.45, 2.75) is 0 Å². The van der Waals surface area contributed by atoms with E-state index in [1.165, 1.54) is 52.9 Å². The van der Waals surface area contributed by atoms with E-state index in [0.29, 0.717) is 44.3 Å². The lowest BCUT2D eigenvalue weighted by molar-refractivity contribution is 0.0733. The summed E-state index contributed by atoms with van der Waals surface area (Å²) in [6, 6.07) is 21.0. The van der Waals surface area contributed by atoms with E-state index < -0.39 is 11.9 Å². The SMILES string of the molecule is COc1cccc(C(=O)Nc2cccc(C(=O)NN=Cc3cc(Br)ccc3OC(=O)c3cc(OC)c(OC)c(OC)c3)c2)c1. The van der Waals surface area contributed by atoms with Crippen molar-refractivity contribution in [2.75, 3.05) is 33.8 Å². The predicted octanol–water partition coefficient (Wildman–Crippen LogP) is 5.72. The molecule has 0 saturated heterocycles. The molecule has 44 heavy (non-hydrogen) atoms. The number of hydrogen-bond acceptors (Lipinski definition) is 9. The third kappa shape index (κ3) is 7.72.